The van der Waals surface area contributed by atoms with Crippen LogP contribution in [0.5, 0.6) is 0 Å². The molecule has 0 aromatic carbocycles. The largest absolute Gasteiger partial charge is 0.384 e. The summed E-state index contributed by atoms with van der Waals surface area (Å²) in [5.41, 5.74) is 0. The van der Waals surface area contributed by atoms with Crippen LogP contribution in [0.2, 0.25) is 5.15 Å². The molecule has 2 aromatic rings. The Morgan fingerprint density at radius 3 is 3.27 bits per heavy atom. The van der Waals surface area contributed by atoms with Gasteiger partial charge in [0.05, 0.1) is 6.61 Å². The lowest BCUT2D eigenvalue weighted by atomic mass is 10.7. The van der Waals surface area contributed by atoms with Crippen LogP contribution in [0.4, 0.5) is 0 Å². The van der Waals surface area contributed by atoms with Crippen LogP contribution < -0.4 is 0 Å². The van der Waals surface area contributed by atoms with Gasteiger partial charge in [-0.2, -0.15) is 19.6 Å². The highest BCUT2D eigenvalue weighted by atomic mass is 35.5. The Labute approximate surface area is 95.8 Å². The Kier molecular flexibility index (Phi) is 3.40. The highest BCUT2D eigenvalue weighted by Gasteiger charge is 2.06. The molecule has 0 aliphatic carbocycles. The van der Waals surface area contributed by atoms with Crippen LogP contribution in [-0.2, 0) is 4.74 Å². The Hall–Kier alpha value is -0.850. The van der Waals surface area contributed by atoms with E-state index in [1.165, 1.54) is 6.33 Å². The number of rotatable bonds is 4. The van der Waals surface area contributed by atoms with E-state index in [9.17, 15) is 0 Å². The number of ether oxygens (including phenoxy) is 1. The van der Waals surface area contributed by atoms with Crippen molar-refractivity contribution in [3.05, 3.63) is 17.5 Å². The van der Waals surface area contributed by atoms with Crippen molar-refractivity contribution in [3.8, 4) is 0 Å². The fraction of sp³-hybridized carbons (Fsp3) is 0.375. The normalized spacial score (nSPS) is 11.1. The zero-order chi connectivity index (χ0) is 10.7. The first-order valence-electron chi connectivity index (χ1n) is 4.29. The van der Waals surface area contributed by atoms with Crippen molar-refractivity contribution in [2.45, 2.75) is 5.03 Å². The number of hydrogen-bond acceptors (Lipinski definition) is 5. The Bertz CT molecular complexity index is 461. The third-order valence-corrected chi connectivity index (χ3v) is 2.88. The minimum atomic E-state index is 0.426. The average Bonchev–Trinajstić information content (AvgIpc) is 2.65. The molecule has 0 atom stereocenters. The first kappa shape index (κ1) is 10.7. The molecule has 2 aromatic heterocycles. The second kappa shape index (κ2) is 4.78. The van der Waals surface area contributed by atoms with Gasteiger partial charge < -0.3 is 4.74 Å². The van der Waals surface area contributed by atoms with Gasteiger partial charge in [-0.1, -0.05) is 11.6 Å². The average molecular weight is 245 g/mol. The van der Waals surface area contributed by atoms with Crippen molar-refractivity contribution in [1.29, 1.82) is 0 Å². The summed E-state index contributed by atoms with van der Waals surface area (Å²) in [6.07, 6.45) is 1.46. The highest BCUT2D eigenvalue weighted by molar-refractivity contribution is 7.99. The minimum absolute atomic E-state index is 0.426. The Morgan fingerprint density at radius 2 is 2.47 bits per heavy atom. The molecule has 0 bridgehead atoms. The van der Waals surface area contributed by atoms with E-state index in [0.717, 1.165) is 10.8 Å². The molecule has 15 heavy (non-hydrogen) atoms. The SMILES string of the molecule is COCCSc1cc(Cl)nc2ncnn12. The van der Waals surface area contributed by atoms with E-state index in [4.69, 9.17) is 16.3 Å². The smallest absolute Gasteiger partial charge is 0.254 e. The van der Waals surface area contributed by atoms with Gasteiger partial charge >= 0.3 is 0 Å². The number of methoxy groups -OCH3 is 1. The molecule has 0 saturated carbocycles. The van der Waals surface area contributed by atoms with E-state index in [-0.39, 0.29) is 0 Å². The molecule has 0 amide bonds. The molecule has 2 heterocycles. The van der Waals surface area contributed by atoms with E-state index >= 15 is 0 Å². The monoisotopic (exact) mass is 244 g/mol. The van der Waals surface area contributed by atoms with Crippen molar-refractivity contribution >= 4 is 29.1 Å². The van der Waals surface area contributed by atoms with Crippen molar-refractivity contribution in [2.24, 2.45) is 0 Å². The fourth-order valence-corrected chi connectivity index (χ4v) is 2.24. The summed E-state index contributed by atoms with van der Waals surface area (Å²) in [6, 6.07) is 1.77. The number of fused-ring (bicyclic) bond motifs is 1. The molecule has 0 saturated heterocycles. The summed E-state index contributed by atoms with van der Waals surface area (Å²) in [6.45, 7) is 0.681. The van der Waals surface area contributed by atoms with Gasteiger partial charge in [0.25, 0.3) is 5.78 Å². The lowest BCUT2D eigenvalue weighted by molar-refractivity contribution is 0.218. The summed E-state index contributed by atoms with van der Waals surface area (Å²) < 4.78 is 6.63. The molecule has 0 radical (unpaired) electrons. The molecule has 0 N–H and O–H groups in total. The van der Waals surface area contributed by atoms with Crippen molar-refractivity contribution in [3.63, 3.8) is 0 Å². The summed E-state index contributed by atoms with van der Waals surface area (Å²) in [5, 5.41) is 5.40. The van der Waals surface area contributed by atoms with Gasteiger partial charge in [0, 0.05) is 18.9 Å². The molecule has 0 fully saturated rings. The lowest BCUT2D eigenvalue weighted by Gasteiger charge is -2.03. The number of nitrogens with zero attached hydrogens (tertiary/aromatic N) is 4. The molecule has 0 aliphatic rings. The van der Waals surface area contributed by atoms with Gasteiger partial charge in [0.15, 0.2) is 0 Å². The highest BCUT2D eigenvalue weighted by Crippen LogP contribution is 2.20. The first-order chi connectivity index (χ1) is 7.31. The van der Waals surface area contributed by atoms with E-state index in [1.807, 2.05) is 0 Å². The molecule has 0 spiro atoms. The quantitative estimate of drug-likeness (QED) is 0.464. The van der Waals surface area contributed by atoms with Gasteiger partial charge in [-0.15, -0.1) is 11.8 Å². The molecular formula is C8H9ClN4OS. The van der Waals surface area contributed by atoms with Crippen LogP contribution in [0.3, 0.4) is 0 Å². The van der Waals surface area contributed by atoms with Crippen LogP contribution in [0.15, 0.2) is 17.4 Å². The van der Waals surface area contributed by atoms with Crippen molar-refractivity contribution < 1.29 is 4.74 Å². The molecule has 0 unspecified atom stereocenters. The number of thioether (sulfide) groups is 1. The molecule has 5 nitrogen and oxygen atoms in total. The van der Waals surface area contributed by atoms with Gasteiger partial charge in [-0.25, -0.2) is 0 Å². The standard InChI is InChI=1S/C8H9ClN4OS/c1-14-2-3-15-7-4-6(9)12-8-10-5-11-13(7)8/h4-5H,2-3H2,1H3. The fourth-order valence-electron chi connectivity index (χ4n) is 1.09. The van der Waals surface area contributed by atoms with Gasteiger partial charge in [0.1, 0.15) is 16.5 Å². The Morgan fingerprint density at radius 1 is 1.60 bits per heavy atom. The van der Waals surface area contributed by atoms with Crippen molar-refractivity contribution in [1.82, 2.24) is 19.6 Å². The van der Waals surface area contributed by atoms with Crippen LogP contribution in [0, 0.1) is 0 Å². The lowest BCUT2D eigenvalue weighted by Crippen LogP contribution is -1.98. The summed E-state index contributed by atoms with van der Waals surface area (Å²) in [7, 11) is 1.67. The maximum Gasteiger partial charge on any atom is 0.254 e. The van der Waals surface area contributed by atoms with E-state index in [0.29, 0.717) is 17.5 Å². The second-order valence-electron chi connectivity index (χ2n) is 2.73. The van der Waals surface area contributed by atoms with Crippen molar-refractivity contribution in [2.75, 3.05) is 19.5 Å². The maximum absolute atomic E-state index is 5.86. The first-order valence-corrected chi connectivity index (χ1v) is 5.65. The van der Waals surface area contributed by atoms with Crippen LogP contribution in [-0.4, -0.2) is 39.1 Å². The van der Waals surface area contributed by atoms with Crippen LogP contribution >= 0.6 is 23.4 Å². The van der Waals surface area contributed by atoms with Crippen LogP contribution in [0.1, 0.15) is 0 Å². The summed E-state index contributed by atoms with van der Waals surface area (Å²) in [4.78, 5) is 8.01. The van der Waals surface area contributed by atoms with Gasteiger partial charge in [-0.3, -0.25) is 0 Å². The van der Waals surface area contributed by atoms with E-state index in [1.54, 1.807) is 29.5 Å². The van der Waals surface area contributed by atoms with Crippen LogP contribution in [0.25, 0.3) is 5.78 Å². The minimum Gasteiger partial charge on any atom is -0.384 e. The number of aromatic nitrogens is 4. The zero-order valence-corrected chi connectivity index (χ0v) is 9.62. The number of hydrogen-bond donors (Lipinski definition) is 0. The maximum atomic E-state index is 5.86. The van der Waals surface area contributed by atoms with Gasteiger partial charge in [0.2, 0.25) is 0 Å². The third-order valence-electron chi connectivity index (χ3n) is 1.73. The summed E-state index contributed by atoms with van der Waals surface area (Å²) >= 11 is 7.46. The Balaban J connectivity index is 2.27. The predicted molar refractivity (Wildman–Crippen MR) is 58.4 cm³/mol. The number of halogens is 1. The van der Waals surface area contributed by atoms with E-state index < -0.39 is 0 Å². The van der Waals surface area contributed by atoms with Gasteiger partial charge in [-0.05, 0) is 0 Å². The molecular weight excluding hydrogens is 236 g/mol. The molecule has 0 aliphatic heterocycles. The third kappa shape index (κ3) is 2.39. The zero-order valence-electron chi connectivity index (χ0n) is 8.05. The second-order valence-corrected chi connectivity index (χ2v) is 4.23. The summed E-state index contributed by atoms with van der Waals surface area (Å²) in [5.74, 6) is 1.36. The van der Waals surface area contributed by atoms with E-state index in [2.05, 4.69) is 15.1 Å². The molecule has 2 rings (SSSR count). The topological polar surface area (TPSA) is 52.3 Å². The molecule has 7 heteroatoms. The predicted octanol–water partition coefficient (Wildman–Crippen LogP) is 1.52. The molecule has 80 valence electrons.